The lowest BCUT2D eigenvalue weighted by Crippen LogP contribution is -2.31. The lowest BCUT2D eigenvalue weighted by Gasteiger charge is -2.22. The van der Waals surface area contributed by atoms with Gasteiger partial charge in [-0.1, -0.05) is 6.07 Å². The summed E-state index contributed by atoms with van der Waals surface area (Å²) < 4.78 is 0. The van der Waals surface area contributed by atoms with Crippen LogP contribution >= 0.6 is 0 Å². The second kappa shape index (κ2) is 6.89. The molecule has 0 saturated carbocycles. The molecule has 1 aromatic carbocycles. The summed E-state index contributed by atoms with van der Waals surface area (Å²) >= 11 is 0. The van der Waals surface area contributed by atoms with Gasteiger partial charge in [-0.3, -0.25) is 4.79 Å². The van der Waals surface area contributed by atoms with E-state index in [4.69, 9.17) is 0 Å². The normalized spacial score (nSPS) is 18.2. The molecule has 1 amide bonds. The number of benzene rings is 1. The van der Waals surface area contributed by atoms with Crippen LogP contribution in [0.4, 0.5) is 5.69 Å². The first kappa shape index (κ1) is 15.0. The SMILES string of the molecule is CCN(C(=O)CCC1CCNC1)c1cc(C)cc(C)c1. The number of rotatable bonds is 5. The van der Waals surface area contributed by atoms with Crippen molar-refractivity contribution >= 4 is 11.6 Å². The van der Waals surface area contributed by atoms with Gasteiger partial charge in [0.15, 0.2) is 0 Å². The van der Waals surface area contributed by atoms with Crippen molar-refractivity contribution in [3.05, 3.63) is 29.3 Å². The van der Waals surface area contributed by atoms with Crippen LogP contribution in [-0.2, 0) is 4.79 Å². The number of anilines is 1. The van der Waals surface area contributed by atoms with Crippen LogP contribution in [0.5, 0.6) is 0 Å². The summed E-state index contributed by atoms with van der Waals surface area (Å²) in [5.74, 6) is 0.932. The predicted octanol–water partition coefficient (Wildman–Crippen LogP) is 3.05. The summed E-state index contributed by atoms with van der Waals surface area (Å²) in [7, 11) is 0. The Balaban J connectivity index is 2.00. The van der Waals surface area contributed by atoms with Crippen molar-refractivity contribution in [1.29, 1.82) is 0 Å². The molecule has 110 valence electrons. The van der Waals surface area contributed by atoms with E-state index >= 15 is 0 Å². The minimum atomic E-state index is 0.254. The van der Waals surface area contributed by atoms with Gasteiger partial charge in [-0.25, -0.2) is 0 Å². The van der Waals surface area contributed by atoms with Crippen molar-refractivity contribution in [3.63, 3.8) is 0 Å². The van der Waals surface area contributed by atoms with Crippen LogP contribution < -0.4 is 10.2 Å². The molecular weight excluding hydrogens is 248 g/mol. The lowest BCUT2D eigenvalue weighted by atomic mass is 10.0. The number of hydrogen-bond acceptors (Lipinski definition) is 2. The number of amides is 1. The second-order valence-corrected chi connectivity index (χ2v) is 5.88. The maximum Gasteiger partial charge on any atom is 0.226 e. The van der Waals surface area contributed by atoms with Crippen LogP contribution in [0.15, 0.2) is 18.2 Å². The number of nitrogens with one attached hydrogen (secondary N) is 1. The van der Waals surface area contributed by atoms with Gasteiger partial charge < -0.3 is 10.2 Å². The second-order valence-electron chi connectivity index (χ2n) is 5.88. The number of aryl methyl sites for hydroxylation is 2. The Bertz CT molecular complexity index is 444. The maximum absolute atomic E-state index is 12.5. The summed E-state index contributed by atoms with van der Waals surface area (Å²) in [5.41, 5.74) is 3.47. The van der Waals surface area contributed by atoms with Crippen molar-refractivity contribution in [1.82, 2.24) is 5.32 Å². The molecular formula is C17H26N2O. The Morgan fingerprint density at radius 3 is 2.55 bits per heavy atom. The average molecular weight is 274 g/mol. The minimum Gasteiger partial charge on any atom is -0.316 e. The molecule has 20 heavy (non-hydrogen) atoms. The summed E-state index contributed by atoms with van der Waals surface area (Å²) in [6, 6.07) is 6.35. The van der Waals surface area contributed by atoms with E-state index in [1.807, 2.05) is 11.8 Å². The first-order chi connectivity index (χ1) is 9.60. The van der Waals surface area contributed by atoms with Crippen molar-refractivity contribution in [3.8, 4) is 0 Å². The van der Waals surface area contributed by atoms with Crippen LogP contribution in [0.2, 0.25) is 0 Å². The molecule has 0 spiro atoms. The largest absolute Gasteiger partial charge is 0.316 e. The van der Waals surface area contributed by atoms with E-state index < -0.39 is 0 Å². The fourth-order valence-electron chi connectivity index (χ4n) is 3.03. The molecule has 1 aromatic rings. The summed E-state index contributed by atoms with van der Waals surface area (Å²) in [4.78, 5) is 14.4. The highest BCUT2D eigenvalue weighted by Gasteiger charge is 2.19. The Hall–Kier alpha value is -1.35. The molecule has 3 heteroatoms. The van der Waals surface area contributed by atoms with Crippen molar-refractivity contribution in [2.24, 2.45) is 5.92 Å². The van der Waals surface area contributed by atoms with Gasteiger partial charge in [0.05, 0.1) is 0 Å². The molecule has 1 N–H and O–H groups in total. The summed E-state index contributed by atoms with van der Waals surface area (Å²) in [6.07, 6.45) is 2.88. The quantitative estimate of drug-likeness (QED) is 0.895. The zero-order valence-corrected chi connectivity index (χ0v) is 12.9. The molecule has 3 nitrogen and oxygen atoms in total. The molecule has 0 aromatic heterocycles. The van der Waals surface area contributed by atoms with E-state index in [9.17, 15) is 4.79 Å². The first-order valence-corrected chi connectivity index (χ1v) is 7.69. The molecule has 0 radical (unpaired) electrons. The van der Waals surface area contributed by atoms with Gasteiger partial charge in [0.2, 0.25) is 5.91 Å². The fraction of sp³-hybridized carbons (Fsp3) is 0.588. The number of carbonyl (C=O) groups excluding carboxylic acids is 1. The van der Waals surface area contributed by atoms with Gasteiger partial charge in [0, 0.05) is 18.7 Å². The van der Waals surface area contributed by atoms with Crippen molar-refractivity contribution in [2.45, 2.75) is 40.0 Å². The van der Waals surface area contributed by atoms with E-state index in [2.05, 4.69) is 37.4 Å². The average Bonchev–Trinajstić information content (AvgIpc) is 2.89. The third-order valence-corrected chi connectivity index (χ3v) is 4.06. The van der Waals surface area contributed by atoms with Crippen LogP contribution in [0.25, 0.3) is 0 Å². The first-order valence-electron chi connectivity index (χ1n) is 7.69. The molecule has 0 aliphatic carbocycles. The van der Waals surface area contributed by atoms with Crippen molar-refractivity contribution < 1.29 is 4.79 Å². The molecule has 1 aliphatic rings. The Labute approximate surface area is 122 Å². The molecule has 2 rings (SSSR count). The highest BCUT2D eigenvalue weighted by Crippen LogP contribution is 2.21. The van der Waals surface area contributed by atoms with E-state index in [0.29, 0.717) is 12.3 Å². The standard InChI is InChI=1S/C17H26N2O/c1-4-19(16-10-13(2)9-14(3)11-16)17(20)6-5-15-7-8-18-12-15/h9-11,15,18H,4-8,12H2,1-3H3. The third-order valence-electron chi connectivity index (χ3n) is 4.06. The highest BCUT2D eigenvalue weighted by molar-refractivity contribution is 5.93. The zero-order chi connectivity index (χ0) is 14.5. The lowest BCUT2D eigenvalue weighted by molar-refractivity contribution is -0.118. The van der Waals surface area contributed by atoms with E-state index in [-0.39, 0.29) is 5.91 Å². The van der Waals surface area contributed by atoms with Crippen LogP contribution in [-0.4, -0.2) is 25.5 Å². The maximum atomic E-state index is 12.5. The van der Waals surface area contributed by atoms with Gasteiger partial charge in [-0.05, 0) is 75.9 Å². The molecule has 1 atom stereocenters. The van der Waals surface area contributed by atoms with E-state index in [1.165, 1.54) is 17.5 Å². The molecule has 1 fully saturated rings. The van der Waals surface area contributed by atoms with Gasteiger partial charge >= 0.3 is 0 Å². The Morgan fingerprint density at radius 2 is 2.00 bits per heavy atom. The molecule has 1 heterocycles. The van der Waals surface area contributed by atoms with E-state index in [0.717, 1.165) is 31.7 Å². The summed E-state index contributed by atoms with van der Waals surface area (Å²) in [6.45, 7) is 9.13. The number of nitrogens with zero attached hydrogens (tertiary/aromatic N) is 1. The highest BCUT2D eigenvalue weighted by atomic mass is 16.2. The van der Waals surface area contributed by atoms with Gasteiger partial charge in [-0.2, -0.15) is 0 Å². The molecule has 1 unspecified atom stereocenters. The van der Waals surface area contributed by atoms with Crippen LogP contribution in [0, 0.1) is 19.8 Å². The van der Waals surface area contributed by atoms with Crippen LogP contribution in [0.1, 0.15) is 37.3 Å². The van der Waals surface area contributed by atoms with Gasteiger partial charge in [0.1, 0.15) is 0 Å². The van der Waals surface area contributed by atoms with E-state index in [1.54, 1.807) is 0 Å². The number of carbonyl (C=O) groups is 1. The Kier molecular flexibility index (Phi) is 5.18. The molecule has 1 saturated heterocycles. The minimum absolute atomic E-state index is 0.254. The van der Waals surface area contributed by atoms with Crippen LogP contribution in [0.3, 0.4) is 0 Å². The molecule has 0 bridgehead atoms. The van der Waals surface area contributed by atoms with Gasteiger partial charge in [-0.15, -0.1) is 0 Å². The predicted molar refractivity (Wildman–Crippen MR) is 84.2 cm³/mol. The summed E-state index contributed by atoms with van der Waals surface area (Å²) in [5, 5.41) is 3.36. The molecule has 1 aliphatic heterocycles. The topological polar surface area (TPSA) is 32.3 Å². The zero-order valence-electron chi connectivity index (χ0n) is 12.9. The van der Waals surface area contributed by atoms with Crippen molar-refractivity contribution in [2.75, 3.05) is 24.5 Å². The number of hydrogen-bond donors (Lipinski definition) is 1. The third kappa shape index (κ3) is 3.83. The fourth-order valence-corrected chi connectivity index (χ4v) is 3.03. The smallest absolute Gasteiger partial charge is 0.226 e. The Morgan fingerprint density at radius 1 is 1.30 bits per heavy atom. The van der Waals surface area contributed by atoms with Gasteiger partial charge in [0.25, 0.3) is 0 Å². The monoisotopic (exact) mass is 274 g/mol.